The van der Waals surface area contributed by atoms with Crippen LogP contribution >= 0.6 is 0 Å². The first-order valence-electron chi connectivity index (χ1n) is 8.90. The number of fused-ring (bicyclic) bond motifs is 1. The Bertz CT molecular complexity index is 782. The van der Waals surface area contributed by atoms with E-state index in [0.29, 0.717) is 17.6 Å². The number of nitro benzene ring substituents is 1. The second kappa shape index (κ2) is 6.96. The van der Waals surface area contributed by atoms with Gasteiger partial charge >= 0.3 is 0 Å². The number of pyridine rings is 1. The summed E-state index contributed by atoms with van der Waals surface area (Å²) in [5, 5.41) is 12.2. The molecule has 0 saturated carbocycles. The number of non-ortho nitro benzene ring substituents is 1. The molecule has 2 aromatic rings. The van der Waals surface area contributed by atoms with E-state index >= 15 is 0 Å². The Labute approximate surface area is 148 Å². The van der Waals surface area contributed by atoms with Crippen molar-refractivity contribution in [2.24, 2.45) is 0 Å². The third kappa shape index (κ3) is 3.44. The molecule has 1 fully saturated rings. The molecule has 134 valence electrons. The molecule has 1 aromatic carbocycles. The average Bonchev–Trinajstić information content (AvgIpc) is 2.59. The molecule has 1 aliphatic heterocycles. The molecule has 1 aromatic heterocycles. The second-order valence-corrected chi connectivity index (χ2v) is 7.18. The van der Waals surface area contributed by atoms with Crippen LogP contribution in [-0.4, -0.2) is 47.0 Å². The zero-order chi connectivity index (χ0) is 18.1. The second-order valence-electron chi connectivity index (χ2n) is 7.18. The first-order valence-corrected chi connectivity index (χ1v) is 8.90. The van der Waals surface area contributed by atoms with Crippen molar-refractivity contribution >= 4 is 22.3 Å². The first-order chi connectivity index (χ1) is 11.9. The number of piperidine rings is 1. The van der Waals surface area contributed by atoms with E-state index in [9.17, 15) is 10.1 Å². The molecule has 0 atom stereocenters. The van der Waals surface area contributed by atoms with Gasteiger partial charge in [0.15, 0.2) is 5.52 Å². The quantitative estimate of drug-likeness (QED) is 0.625. The summed E-state index contributed by atoms with van der Waals surface area (Å²) >= 11 is 0. The van der Waals surface area contributed by atoms with E-state index in [1.165, 1.54) is 6.07 Å². The number of benzene rings is 1. The summed E-state index contributed by atoms with van der Waals surface area (Å²) in [6.45, 7) is 8.56. The third-order valence-corrected chi connectivity index (χ3v) is 5.28. The highest BCUT2D eigenvalue weighted by atomic mass is 16.6. The molecule has 0 spiro atoms. The van der Waals surface area contributed by atoms with Gasteiger partial charge in [0, 0.05) is 55.1 Å². The van der Waals surface area contributed by atoms with E-state index in [0.717, 1.165) is 42.7 Å². The van der Waals surface area contributed by atoms with Gasteiger partial charge in [0.1, 0.15) is 0 Å². The Kier molecular flexibility index (Phi) is 4.90. The molecule has 6 nitrogen and oxygen atoms in total. The van der Waals surface area contributed by atoms with Crippen LogP contribution in [0.3, 0.4) is 0 Å². The molecule has 0 N–H and O–H groups in total. The van der Waals surface area contributed by atoms with Gasteiger partial charge in [-0.2, -0.15) is 0 Å². The lowest BCUT2D eigenvalue weighted by atomic mass is 10.0. The molecule has 0 aliphatic carbocycles. The zero-order valence-corrected chi connectivity index (χ0v) is 15.4. The maximum Gasteiger partial charge on any atom is 0.295 e. The smallest absolute Gasteiger partial charge is 0.295 e. The minimum Gasteiger partial charge on any atom is -0.371 e. The van der Waals surface area contributed by atoms with Crippen LogP contribution < -0.4 is 4.90 Å². The number of anilines is 1. The largest absolute Gasteiger partial charge is 0.371 e. The van der Waals surface area contributed by atoms with Crippen LogP contribution in [0, 0.1) is 17.0 Å². The SMILES string of the molecule is Cc1cc(N(C)C2CCN(C(C)C)CC2)c2cccc([N+](=O)[O-])c2n1. The van der Waals surface area contributed by atoms with Crippen LogP contribution in [0.4, 0.5) is 11.4 Å². The van der Waals surface area contributed by atoms with Crippen LogP contribution in [-0.2, 0) is 0 Å². The number of nitro groups is 1. The molecule has 1 aliphatic rings. The van der Waals surface area contributed by atoms with Gasteiger partial charge < -0.3 is 9.80 Å². The van der Waals surface area contributed by atoms with Crippen molar-refractivity contribution in [1.82, 2.24) is 9.88 Å². The zero-order valence-electron chi connectivity index (χ0n) is 15.4. The Hall–Kier alpha value is -2.21. The van der Waals surface area contributed by atoms with Gasteiger partial charge in [-0.05, 0) is 39.7 Å². The summed E-state index contributed by atoms with van der Waals surface area (Å²) < 4.78 is 0. The van der Waals surface area contributed by atoms with Crippen molar-refractivity contribution in [3.63, 3.8) is 0 Å². The van der Waals surface area contributed by atoms with Crippen LogP contribution in [0.2, 0.25) is 0 Å². The molecule has 0 radical (unpaired) electrons. The number of aromatic nitrogens is 1. The van der Waals surface area contributed by atoms with Gasteiger partial charge in [-0.1, -0.05) is 12.1 Å². The standard InChI is InChI=1S/C19H26N4O2/c1-13(2)22-10-8-15(9-11-22)21(4)18-12-14(3)20-19-16(18)6-5-7-17(19)23(24)25/h5-7,12-13,15H,8-11H2,1-4H3. The maximum absolute atomic E-state index is 11.4. The monoisotopic (exact) mass is 342 g/mol. The van der Waals surface area contributed by atoms with Crippen molar-refractivity contribution in [3.05, 3.63) is 40.1 Å². The molecular formula is C19H26N4O2. The molecule has 2 heterocycles. The number of likely N-dealkylation sites (tertiary alicyclic amines) is 1. The highest BCUT2D eigenvalue weighted by Gasteiger charge is 2.26. The van der Waals surface area contributed by atoms with Crippen LogP contribution in [0.1, 0.15) is 32.4 Å². The topological polar surface area (TPSA) is 62.5 Å². The Balaban J connectivity index is 1.96. The van der Waals surface area contributed by atoms with Gasteiger partial charge in [0.25, 0.3) is 5.69 Å². The van der Waals surface area contributed by atoms with Crippen LogP contribution in [0.15, 0.2) is 24.3 Å². The van der Waals surface area contributed by atoms with Gasteiger partial charge in [-0.15, -0.1) is 0 Å². The minimum absolute atomic E-state index is 0.0745. The fraction of sp³-hybridized carbons (Fsp3) is 0.526. The number of para-hydroxylation sites is 1. The summed E-state index contributed by atoms with van der Waals surface area (Å²) in [6.07, 6.45) is 2.21. The summed E-state index contributed by atoms with van der Waals surface area (Å²) in [5.74, 6) is 0. The van der Waals surface area contributed by atoms with Crippen LogP contribution in [0.25, 0.3) is 10.9 Å². The predicted octanol–water partition coefficient (Wildman–Crippen LogP) is 3.76. The third-order valence-electron chi connectivity index (χ3n) is 5.28. The predicted molar refractivity (Wildman–Crippen MR) is 101 cm³/mol. The maximum atomic E-state index is 11.4. The van der Waals surface area contributed by atoms with E-state index in [1.54, 1.807) is 6.07 Å². The minimum atomic E-state index is -0.348. The molecule has 6 heteroatoms. The van der Waals surface area contributed by atoms with E-state index in [1.807, 2.05) is 19.1 Å². The average molecular weight is 342 g/mol. The van der Waals surface area contributed by atoms with Crippen molar-refractivity contribution in [2.45, 2.75) is 45.7 Å². The summed E-state index contributed by atoms with van der Waals surface area (Å²) in [5.41, 5.74) is 2.40. The fourth-order valence-corrected chi connectivity index (χ4v) is 3.77. The van der Waals surface area contributed by atoms with Gasteiger partial charge in [0.2, 0.25) is 0 Å². The Morgan fingerprint density at radius 3 is 2.60 bits per heavy atom. The highest BCUT2D eigenvalue weighted by Crippen LogP contribution is 2.33. The van der Waals surface area contributed by atoms with Gasteiger partial charge in [-0.25, -0.2) is 4.98 Å². The summed E-state index contributed by atoms with van der Waals surface area (Å²) in [6, 6.07) is 8.28. The van der Waals surface area contributed by atoms with Gasteiger partial charge in [-0.3, -0.25) is 10.1 Å². The first kappa shape index (κ1) is 17.6. The summed E-state index contributed by atoms with van der Waals surface area (Å²) in [4.78, 5) is 20.2. The normalized spacial score (nSPS) is 16.5. The van der Waals surface area contributed by atoms with Crippen molar-refractivity contribution in [1.29, 1.82) is 0 Å². The van der Waals surface area contributed by atoms with Crippen molar-refractivity contribution < 1.29 is 4.92 Å². The lowest BCUT2D eigenvalue weighted by Gasteiger charge is -2.39. The van der Waals surface area contributed by atoms with E-state index in [-0.39, 0.29) is 10.6 Å². The highest BCUT2D eigenvalue weighted by molar-refractivity contribution is 5.97. The summed E-state index contributed by atoms with van der Waals surface area (Å²) in [7, 11) is 2.10. The number of rotatable bonds is 4. The molecular weight excluding hydrogens is 316 g/mol. The molecule has 0 amide bonds. The van der Waals surface area contributed by atoms with Crippen LogP contribution in [0.5, 0.6) is 0 Å². The van der Waals surface area contributed by atoms with Crippen molar-refractivity contribution in [3.8, 4) is 0 Å². The fourth-order valence-electron chi connectivity index (χ4n) is 3.77. The Morgan fingerprint density at radius 1 is 1.32 bits per heavy atom. The van der Waals surface area contributed by atoms with Crippen molar-refractivity contribution in [2.75, 3.05) is 25.0 Å². The van der Waals surface area contributed by atoms with E-state index in [2.05, 4.69) is 35.7 Å². The van der Waals surface area contributed by atoms with E-state index in [4.69, 9.17) is 0 Å². The molecule has 0 bridgehead atoms. The van der Waals surface area contributed by atoms with E-state index < -0.39 is 0 Å². The number of hydrogen-bond acceptors (Lipinski definition) is 5. The lowest BCUT2D eigenvalue weighted by Crippen LogP contribution is -2.45. The molecule has 3 rings (SSSR count). The Morgan fingerprint density at radius 2 is 2.00 bits per heavy atom. The number of hydrogen-bond donors (Lipinski definition) is 0. The lowest BCUT2D eigenvalue weighted by molar-refractivity contribution is -0.383. The number of nitrogens with zero attached hydrogens (tertiary/aromatic N) is 4. The van der Waals surface area contributed by atoms with Gasteiger partial charge in [0.05, 0.1) is 4.92 Å². The number of aryl methyl sites for hydroxylation is 1. The molecule has 0 unspecified atom stereocenters. The molecule has 1 saturated heterocycles. The molecule has 25 heavy (non-hydrogen) atoms.